The van der Waals surface area contributed by atoms with E-state index in [1.807, 2.05) is 17.8 Å². The van der Waals surface area contributed by atoms with Gasteiger partial charge in [0.05, 0.1) is 0 Å². The lowest BCUT2D eigenvalue weighted by Crippen LogP contribution is -2.38. The summed E-state index contributed by atoms with van der Waals surface area (Å²) in [5, 5.41) is 2.08. The zero-order valence-electron chi connectivity index (χ0n) is 14.4. The number of piperidine rings is 1. The van der Waals surface area contributed by atoms with Crippen molar-refractivity contribution in [1.29, 1.82) is 0 Å². The van der Waals surface area contributed by atoms with E-state index in [2.05, 4.69) is 48.7 Å². The van der Waals surface area contributed by atoms with Gasteiger partial charge in [0.2, 0.25) is 6.41 Å². The summed E-state index contributed by atoms with van der Waals surface area (Å²) in [6.07, 6.45) is 6.81. The Balaban J connectivity index is 0.000000300. The van der Waals surface area contributed by atoms with Crippen LogP contribution in [0.1, 0.15) is 36.1 Å². The molecule has 1 aliphatic heterocycles. The highest BCUT2D eigenvalue weighted by molar-refractivity contribution is 7.09. The number of rotatable bonds is 4. The normalized spacial score (nSPS) is 16.2. The van der Waals surface area contributed by atoms with E-state index in [4.69, 9.17) is 4.79 Å². The van der Waals surface area contributed by atoms with Crippen molar-refractivity contribution in [2.75, 3.05) is 6.54 Å². The van der Waals surface area contributed by atoms with Crippen LogP contribution in [0, 0.1) is 6.92 Å². The first-order valence-electron chi connectivity index (χ1n) is 8.33. The number of carbonyl (C=O) groups excluding carboxylic acids is 2. The number of amides is 1. The maximum atomic E-state index is 10.9. The first kappa shape index (κ1) is 20.1. The van der Waals surface area contributed by atoms with Gasteiger partial charge in [0.15, 0.2) is 0 Å². The van der Waals surface area contributed by atoms with Crippen LogP contribution in [0.2, 0.25) is 0 Å². The standard InChI is InChI=1S/C14H19NO.C5H6S.CH2O/c16-12-15-11-5-4-8-14(15)10-9-13-6-2-1-3-7-13;1-5-3-2-4-6-5;1-2/h1-3,6-7,12,14H,4-5,8-11H2;2-4H,1H3;1H2. The number of nitrogens with zero attached hydrogens (tertiary/aromatic N) is 1. The van der Waals surface area contributed by atoms with E-state index < -0.39 is 0 Å². The predicted octanol–water partition coefficient (Wildman–Crippen LogP) is 4.50. The average molecular weight is 346 g/mol. The molecule has 2 aromatic rings. The number of hydrogen-bond donors (Lipinski definition) is 0. The zero-order chi connectivity index (χ0) is 17.6. The first-order chi connectivity index (χ1) is 11.8. The Morgan fingerprint density at radius 3 is 2.46 bits per heavy atom. The molecule has 1 saturated heterocycles. The van der Waals surface area contributed by atoms with Crippen molar-refractivity contribution >= 4 is 24.5 Å². The van der Waals surface area contributed by atoms with Gasteiger partial charge >= 0.3 is 0 Å². The molecule has 0 radical (unpaired) electrons. The van der Waals surface area contributed by atoms with Crippen LogP contribution >= 0.6 is 11.3 Å². The topological polar surface area (TPSA) is 37.4 Å². The van der Waals surface area contributed by atoms with E-state index in [0.29, 0.717) is 6.04 Å². The third-order valence-corrected chi connectivity index (χ3v) is 4.88. The van der Waals surface area contributed by atoms with Crippen molar-refractivity contribution in [3.63, 3.8) is 0 Å². The van der Waals surface area contributed by atoms with Crippen LogP contribution in [-0.4, -0.2) is 30.7 Å². The van der Waals surface area contributed by atoms with Crippen LogP contribution in [0.3, 0.4) is 0 Å². The summed E-state index contributed by atoms with van der Waals surface area (Å²) < 4.78 is 0. The van der Waals surface area contributed by atoms with Gasteiger partial charge in [-0.15, -0.1) is 11.3 Å². The second-order valence-corrected chi connectivity index (χ2v) is 6.89. The Morgan fingerprint density at radius 2 is 1.92 bits per heavy atom. The van der Waals surface area contributed by atoms with E-state index in [1.54, 1.807) is 11.3 Å². The molecule has 3 rings (SSSR count). The minimum Gasteiger partial charge on any atom is -0.342 e. The second kappa shape index (κ2) is 12.5. The lowest BCUT2D eigenvalue weighted by Gasteiger charge is -2.32. The van der Waals surface area contributed by atoms with Gasteiger partial charge in [0, 0.05) is 17.5 Å². The fraction of sp³-hybridized carbons (Fsp3) is 0.400. The fourth-order valence-electron chi connectivity index (χ4n) is 2.81. The van der Waals surface area contributed by atoms with Crippen LogP contribution in [0.5, 0.6) is 0 Å². The molecule has 4 heteroatoms. The molecule has 0 aliphatic carbocycles. The Kier molecular flexibility index (Phi) is 10.5. The molecule has 1 amide bonds. The Morgan fingerprint density at radius 1 is 1.17 bits per heavy atom. The molecule has 0 spiro atoms. The molecule has 1 fully saturated rings. The van der Waals surface area contributed by atoms with Gasteiger partial charge in [-0.3, -0.25) is 4.79 Å². The van der Waals surface area contributed by atoms with Gasteiger partial charge < -0.3 is 9.69 Å². The Bertz CT molecular complexity index is 542. The summed E-state index contributed by atoms with van der Waals surface area (Å²) in [4.78, 5) is 22.3. The first-order valence-corrected chi connectivity index (χ1v) is 9.21. The van der Waals surface area contributed by atoms with Gasteiger partial charge in [-0.1, -0.05) is 36.4 Å². The Labute approximate surface area is 149 Å². The zero-order valence-corrected chi connectivity index (χ0v) is 15.2. The van der Waals surface area contributed by atoms with Crippen molar-refractivity contribution in [1.82, 2.24) is 4.90 Å². The van der Waals surface area contributed by atoms with E-state index in [-0.39, 0.29) is 0 Å². The van der Waals surface area contributed by atoms with E-state index >= 15 is 0 Å². The molecule has 3 nitrogen and oxygen atoms in total. The summed E-state index contributed by atoms with van der Waals surface area (Å²) in [6, 6.07) is 15.1. The quantitative estimate of drug-likeness (QED) is 0.765. The third kappa shape index (κ3) is 7.55. The molecule has 1 atom stereocenters. The smallest absolute Gasteiger partial charge is 0.209 e. The van der Waals surface area contributed by atoms with Crippen LogP contribution in [0.15, 0.2) is 47.8 Å². The predicted molar refractivity (Wildman–Crippen MR) is 101 cm³/mol. The third-order valence-electron chi connectivity index (χ3n) is 4.08. The molecule has 0 saturated carbocycles. The van der Waals surface area contributed by atoms with Gasteiger partial charge in [0.1, 0.15) is 6.79 Å². The summed E-state index contributed by atoms with van der Waals surface area (Å²) >= 11 is 1.78. The fourth-order valence-corrected chi connectivity index (χ4v) is 3.34. The molecule has 130 valence electrons. The highest BCUT2D eigenvalue weighted by Crippen LogP contribution is 2.19. The SMILES string of the molecule is C=O.Cc1cccs1.O=CN1CCCCC1CCc1ccccc1. The number of likely N-dealkylation sites (tertiary alicyclic amines) is 1. The molecule has 0 bridgehead atoms. The molecule has 0 N–H and O–H groups in total. The van der Waals surface area contributed by atoms with Crippen LogP contribution in [0.25, 0.3) is 0 Å². The Hall–Kier alpha value is -1.94. The number of aryl methyl sites for hydroxylation is 2. The monoisotopic (exact) mass is 345 g/mol. The summed E-state index contributed by atoms with van der Waals surface area (Å²) in [7, 11) is 0. The highest BCUT2D eigenvalue weighted by Gasteiger charge is 2.20. The largest absolute Gasteiger partial charge is 0.342 e. The van der Waals surface area contributed by atoms with Gasteiger partial charge in [-0.05, 0) is 56.0 Å². The van der Waals surface area contributed by atoms with Gasteiger partial charge in [-0.2, -0.15) is 0 Å². The molecule has 1 aromatic carbocycles. The number of thiophene rings is 1. The van der Waals surface area contributed by atoms with Crippen LogP contribution < -0.4 is 0 Å². The van der Waals surface area contributed by atoms with E-state index in [0.717, 1.165) is 25.8 Å². The maximum Gasteiger partial charge on any atom is 0.209 e. The van der Waals surface area contributed by atoms with Gasteiger partial charge in [0.25, 0.3) is 0 Å². The molecule has 1 aliphatic rings. The highest BCUT2D eigenvalue weighted by atomic mass is 32.1. The van der Waals surface area contributed by atoms with Crippen molar-refractivity contribution in [3.05, 3.63) is 58.3 Å². The van der Waals surface area contributed by atoms with E-state index in [9.17, 15) is 4.79 Å². The second-order valence-electron chi connectivity index (χ2n) is 5.74. The summed E-state index contributed by atoms with van der Waals surface area (Å²) in [5.74, 6) is 0. The molecule has 1 aromatic heterocycles. The van der Waals surface area contributed by atoms with Crippen LogP contribution in [0.4, 0.5) is 0 Å². The maximum absolute atomic E-state index is 10.9. The summed E-state index contributed by atoms with van der Waals surface area (Å²) in [5.41, 5.74) is 1.37. The number of benzene rings is 1. The minimum atomic E-state index is 0.464. The molecular weight excluding hydrogens is 318 g/mol. The van der Waals surface area contributed by atoms with E-state index in [1.165, 1.54) is 29.7 Å². The molecule has 2 heterocycles. The summed E-state index contributed by atoms with van der Waals surface area (Å²) in [6.45, 7) is 5.05. The van der Waals surface area contributed by atoms with Crippen molar-refractivity contribution in [2.45, 2.75) is 45.1 Å². The van der Waals surface area contributed by atoms with Crippen molar-refractivity contribution in [2.24, 2.45) is 0 Å². The van der Waals surface area contributed by atoms with Gasteiger partial charge in [-0.25, -0.2) is 0 Å². The number of hydrogen-bond acceptors (Lipinski definition) is 3. The van der Waals surface area contributed by atoms with Crippen LogP contribution in [-0.2, 0) is 16.0 Å². The van der Waals surface area contributed by atoms with Crippen molar-refractivity contribution in [3.8, 4) is 0 Å². The van der Waals surface area contributed by atoms with Crippen molar-refractivity contribution < 1.29 is 9.59 Å². The molecule has 24 heavy (non-hydrogen) atoms. The number of carbonyl (C=O) groups is 2. The average Bonchev–Trinajstić information content (AvgIpc) is 3.14. The minimum absolute atomic E-state index is 0.464. The molecular formula is C20H27NO2S. The lowest BCUT2D eigenvalue weighted by molar-refractivity contribution is -0.121. The molecule has 1 unspecified atom stereocenters. The lowest BCUT2D eigenvalue weighted by atomic mass is 9.96.